The normalized spacial score (nSPS) is 11.0. The lowest BCUT2D eigenvalue weighted by Crippen LogP contribution is -1.47. The molecule has 1 unspecified atom stereocenters. The lowest BCUT2D eigenvalue weighted by atomic mass is 11.0. The van der Waals surface area contributed by atoms with Crippen LogP contribution in [0, 0.1) is 0 Å². The van der Waals surface area contributed by atoms with Crippen LogP contribution in [0.15, 0.2) is 0 Å². The lowest BCUT2D eigenvalue weighted by Gasteiger charge is -1.85. The molecule has 0 aliphatic carbocycles. The second kappa shape index (κ2) is 6.48. The number of hydrogen-bond donors (Lipinski definition) is 1. The first-order chi connectivity index (χ1) is 2.91. The van der Waals surface area contributed by atoms with Crippen molar-refractivity contribution in [3.8, 4) is 0 Å². The standard InChI is InChI=1S/C2H7PS3/c1-2-5-3-6-4/h3-4H,2H2,1H3. The summed E-state index contributed by atoms with van der Waals surface area (Å²) >= 11 is 5.89. The van der Waals surface area contributed by atoms with Gasteiger partial charge in [-0.2, -0.15) is 0 Å². The molecule has 0 aromatic carbocycles. The second-order valence-corrected chi connectivity index (χ2v) is 6.88. The van der Waals surface area contributed by atoms with Gasteiger partial charge in [0.2, 0.25) is 0 Å². The zero-order valence-corrected chi connectivity index (χ0v) is 7.00. The van der Waals surface area contributed by atoms with Crippen molar-refractivity contribution >= 4 is 40.4 Å². The van der Waals surface area contributed by atoms with Crippen LogP contribution in [0.4, 0.5) is 0 Å². The summed E-state index contributed by atoms with van der Waals surface area (Å²) in [6, 6.07) is 0. The van der Waals surface area contributed by atoms with Crippen LogP contribution in [-0.2, 0) is 0 Å². The fourth-order valence-electron chi connectivity index (χ4n) is 0.0853. The number of hydrogen-bond acceptors (Lipinski definition) is 3. The van der Waals surface area contributed by atoms with Crippen LogP contribution in [0.25, 0.3) is 0 Å². The summed E-state index contributed by atoms with van der Waals surface area (Å²) in [5.41, 5.74) is 0. The Labute approximate surface area is 53.3 Å². The van der Waals surface area contributed by atoms with Gasteiger partial charge < -0.3 is 0 Å². The first kappa shape index (κ1) is 7.48. The van der Waals surface area contributed by atoms with E-state index in [-0.39, 0.29) is 0 Å². The van der Waals surface area contributed by atoms with Gasteiger partial charge in [0.25, 0.3) is 0 Å². The van der Waals surface area contributed by atoms with E-state index >= 15 is 0 Å². The van der Waals surface area contributed by atoms with Gasteiger partial charge in [0.15, 0.2) is 0 Å². The highest BCUT2D eigenvalue weighted by atomic mass is 33.4. The average Bonchev–Trinajstić information content (AvgIpc) is 1.61. The molecule has 0 saturated heterocycles. The number of rotatable bonds is 3. The molecule has 38 valence electrons. The van der Waals surface area contributed by atoms with E-state index in [0.717, 1.165) is 6.98 Å². The molecule has 0 aromatic rings. The van der Waals surface area contributed by atoms with Crippen molar-refractivity contribution in [1.82, 2.24) is 0 Å². The monoisotopic (exact) mass is 158 g/mol. The minimum absolute atomic E-state index is 0.912. The van der Waals surface area contributed by atoms with Crippen molar-refractivity contribution in [1.29, 1.82) is 0 Å². The Bertz CT molecular complexity index is 20.8. The first-order valence-electron chi connectivity index (χ1n) is 1.59. The van der Waals surface area contributed by atoms with Crippen molar-refractivity contribution in [2.24, 2.45) is 0 Å². The summed E-state index contributed by atoms with van der Waals surface area (Å²) in [6.45, 7) is 3.07. The first-order valence-corrected chi connectivity index (χ1v) is 6.89. The molecule has 0 bridgehead atoms. The summed E-state index contributed by atoms with van der Waals surface area (Å²) in [7, 11) is 1.61. The van der Waals surface area contributed by atoms with Crippen molar-refractivity contribution in [3.05, 3.63) is 0 Å². The van der Waals surface area contributed by atoms with E-state index in [9.17, 15) is 0 Å². The SMILES string of the molecule is CCSPSS. The van der Waals surface area contributed by atoms with Crippen molar-refractivity contribution in [2.45, 2.75) is 6.92 Å². The molecule has 0 rings (SSSR count). The maximum absolute atomic E-state index is 3.96. The fraction of sp³-hybridized carbons (Fsp3) is 1.00. The van der Waals surface area contributed by atoms with Gasteiger partial charge in [-0.3, -0.25) is 0 Å². The van der Waals surface area contributed by atoms with Crippen LogP contribution >= 0.6 is 40.4 Å². The van der Waals surface area contributed by atoms with Crippen molar-refractivity contribution in [3.63, 3.8) is 0 Å². The van der Waals surface area contributed by atoms with Gasteiger partial charge in [0.1, 0.15) is 0 Å². The molecule has 0 nitrogen and oxygen atoms in total. The van der Waals surface area contributed by atoms with Crippen LogP contribution in [0.5, 0.6) is 0 Å². The van der Waals surface area contributed by atoms with Crippen LogP contribution in [0.3, 0.4) is 0 Å². The minimum atomic E-state index is 0.912. The van der Waals surface area contributed by atoms with Gasteiger partial charge >= 0.3 is 0 Å². The second-order valence-electron chi connectivity index (χ2n) is 0.608. The van der Waals surface area contributed by atoms with Gasteiger partial charge in [-0.05, 0) is 5.75 Å². The predicted octanol–water partition coefficient (Wildman–Crippen LogP) is 2.83. The molecule has 0 amide bonds. The highest BCUT2D eigenvalue weighted by molar-refractivity contribution is 9.04. The molecular weight excluding hydrogens is 151 g/mol. The van der Waals surface area contributed by atoms with Gasteiger partial charge in [0, 0.05) is 6.98 Å². The number of thiol groups is 1. The molecule has 0 fully saturated rings. The molecule has 0 spiro atoms. The molecule has 0 N–H and O–H groups in total. The quantitative estimate of drug-likeness (QED) is 0.290. The van der Waals surface area contributed by atoms with Gasteiger partial charge in [-0.15, -0.1) is 23.0 Å². The van der Waals surface area contributed by atoms with Crippen LogP contribution in [0.1, 0.15) is 6.92 Å². The molecule has 0 aliphatic heterocycles. The van der Waals surface area contributed by atoms with E-state index in [4.69, 9.17) is 0 Å². The van der Waals surface area contributed by atoms with Crippen LogP contribution in [-0.4, -0.2) is 5.75 Å². The Morgan fingerprint density at radius 2 is 2.50 bits per heavy atom. The molecule has 0 aromatic heterocycles. The Hall–Kier alpha value is 1.48. The summed E-state index contributed by atoms with van der Waals surface area (Å²) in [4.78, 5) is 0. The van der Waals surface area contributed by atoms with Gasteiger partial charge in [-0.1, -0.05) is 17.3 Å². The zero-order valence-electron chi connectivity index (χ0n) is 3.47. The molecule has 0 radical (unpaired) electrons. The lowest BCUT2D eigenvalue weighted by molar-refractivity contribution is 1.54. The molecular formula is C2H7PS3. The molecule has 4 heteroatoms. The maximum atomic E-state index is 3.96. The smallest absolute Gasteiger partial charge is 0.00962 e. The third-order valence-electron chi connectivity index (χ3n) is 0.241. The summed E-state index contributed by atoms with van der Waals surface area (Å²) in [5, 5.41) is 0. The van der Waals surface area contributed by atoms with E-state index in [0.29, 0.717) is 0 Å². The topological polar surface area (TPSA) is 0 Å². The fourth-order valence-corrected chi connectivity index (χ4v) is 3.73. The van der Waals surface area contributed by atoms with E-state index < -0.39 is 0 Å². The molecule has 0 saturated carbocycles. The van der Waals surface area contributed by atoms with Crippen molar-refractivity contribution < 1.29 is 0 Å². The summed E-state index contributed by atoms with van der Waals surface area (Å²) in [6.07, 6.45) is 0. The average molecular weight is 158 g/mol. The third kappa shape index (κ3) is 5.48. The Morgan fingerprint density at radius 3 is 2.67 bits per heavy atom. The summed E-state index contributed by atoms with van der Waals surface area (Å²) in [5.74, 6) is 1.21. The molecule has 6 heavy (non-hydrogen) atoms. The Balaban J connectivity index is 2.34. The third-order valence-corrected chi connectivity index (χ3v) is 5.91. The van der Waals surface area contributed by atoms with E-state index in [1.165, 1.54) is 5.75 Å². The summed E-state index contributed by atoms with van der Waals surface area (Å²) < 4.78 is 0. The maximum Gasteiger partial charge on any atom is 0.00962 e. The molecule has 0 aliphatic rings. The Morgan fingerprint density at radius 1 is 1.83 bits per heavy atom. The molecule has 0 heterocycles. The molecule has 1 atom stereocenters. The predicted molar refractivity (Wildman–Crippen MR) is 43.0 cm³/mol. The highest BCUT2D eigenvalue weighted by Gasteiger charge is 1.75. The largest absolute Gasteiger partial charge is 0.126 e. The van der Waals surface area contributed by atoms with Crippen molar-refractivity contribution in [2.75, 3.05) is 5.75 Å². The highest BCUT2D eigenvalue weighted by Crippen LogP contribution is 2.43. The van der Waals surface area contributed by atoms with Gasteiger partial charge in [-0.25, -0.2) is 0 Å². The van der Waals surface area contributed by atoms with Crippen LogP contribution in [0.2, 0.25) is 0 Å². The zero-order chi connectivity index (χ0) is 4.83. The Kier molecular flexibility index (Phi) is 8.08. The minimum Gasteiger partial charge on any atom is -0.126 e. The van der Waals surface area contributed by atoms with E-state index in [1.54, 1.807) is 10.4 Å². The van der Waals surface area contributed by atoms with E-state index in [1.807, 2.05) is 11.4 Å². The van der Waals surface area contributed by atoms with Gasteiger partial charge in [0.05, 0.1) is 0 Å². The van der Waals surface area contributed by atoms with Crippen LogP contribution < -0.4 is 0 Å². The van der Waals surface area contributed by atoms with E-state index in [2.05, 4.69) is 18.6 Å².